The first-order valence-corrected chi connectivity index (χ1v) is 9.53. The van der Waals surface area contributed by atoms with Crippen molar-refractivity contribution < 1.29 is 23.8 Å². The Morgan fingerprint density at radius 1 is 1.46 bits per heavy atom. The number of terminal acetylenes is 1. The largest absolute Gasteiger partial charge is 0.448 e. The lowest BCUT2D eigenvalue weighted by atomic mass is 9.90. The molecule has 1 saturated heterocycles. The number of hydrogen-bond acceptors (Lipinski definition) is 5. The van der Waals surface area contributed by atoms with Crippen LogP contribution in [0.5, 0.6) is 0 Å². The molecule has 3 rings (SSSR count). The van der Waals surface area contributed by atoms with E-state index in [0.29, 0.717) is 6.61 Å². The summed E-state index contributed by atoms with van der Waals surface area (Å²) in [6.45, 7) is 4.35. The van der Waals surface area contributed by atoms with Crippen LogP contribution in [-0.4, -0.2) is 49.6 Å². The van der Waals surface area contributed by atoms with E-state index in [2.05, 4.69) is 18.1 Å². The van der Waals surface area contributed by atoms with E-state index in [4.69, 9.17) is 20.6 Å². The summed E-state index contributed by atoms with van der Waals surface area (Å²) in [5.74, 6) is 2.25. The number of esters is 1. The lowest BCUT2D eigenvalue weighted by Crippen LogP contribution is -2.42. The number of ether oxygens (including phenoxy) is 3. The molecule has 0 radical (unpaired) electrons. The SMILES string of the molecule is C#CC1=C(/C=C\C)C(COC(=O)N2COC(=O)C2COCC)C2=C1C=CCC2. The van der Waals surface area contributed by atoms with Gasteiger partial charge in [-0.1, -0.05) is 35.8 Å². The van der Waals surface area contributed by atoms with Gasteiger partial charge < -0.3 is 14.2 Å². The van der Waals surface area contributed by atoms with Crippen molar-refractivity contribution in [3.63, 3.8) is 0 Å². The summed E-state index contributed by atoms with van der Waals surface area (Å²) < 4.78 is 15.9. The van der Waals surface area contributed by atoms with Gasteiger partial charge in [0.1, 0.15) is 6.61 Å². The maximum atomic E-state index is 12.6. The molecule has 1 heterocycles. The summed E-state index contributed by atoms with van der Waals surface area (Å²) in [5, 5.41) is 0. The molecule has 2 atom stereocenters. The molecule has 28 heavy (non-hydrogen) atoms. The van der Waals surface area contributed by atoms with Gasteiger partial charge in [-0.2, -0.15) is 0 Å². The normalized spacial score (nSPS) is 24.0. The highest BCUT2D eigenvalue weighted by Gasteiger charge is 2.40. The molecule has 0 aromatic heterocycles. The van der Waals surface area contributed by atoms with Crippen molar-refractivity contribution in [3.8, 4) is 12.3 Å². The third-order valence-corrected chi connectivity index (χ3v) is 5.14. The minimum absolute atomic E-state index is 0.0734. The first-order chi connectivity index (χ1) is 13.6. The Morgan fingerprint density at radius 2 is 2.29 bits per heavy atom. The predicted molar refractivity (Wildman–Crippen MR) is 104 cm³/mol. The highest BCUT2D eigenvalue weighted by atomic mass is 16.6. The second kappa shape index (κ2) is 8.94. The van der Waals surface area contributed by atoms with Crippen LogP contribution in [0.4, 0.5) is 4.79 Å². The molecule has 1 amide bonds. The zero-order valence-electron chi connectivity index (χ0n) is 16.3. The van der Waals surface area contributed by atoms with Gasteiger partial charge in [0.15, 0.2) is 12.8 Å². The number of amides is 1. The lowest BCUT2D eigenvalue weighted by Gasteiger charge is -2.23. The quantitative estimate of drug-likeness (QED) is 0.521. The summed E-state index contributed by atoms with van der Waals surface area (Å²) in [6, 6.07) is -0.768. The van der Waals surface area contributed by atoms with Gasteiger partial charge in [-0.05, 0) is 37.8 Å². The highest BCUT2D eigenvalue weighted by molar-refractivity contribution is 5.84. The summed E-state index contributed by atoms with van der Waals surface area (Å²) in [6.07, 6.45) is 15.1. The fraction of sp³-hybridized carbons (Fsp3) is 0.455. The Labute approximate surface area is 165 Å². The number of hydrogen-bond donors (Lipinski definition) is 0. The van der Waals surface area contributed by atoms with Crippen LogP contribution in [0.15, 0.2) is 46.6 Å². The third-order valence-electron chi connectivity index (χ3n) is 5.14. The number of nitrogens with zero attached hydrogens (tertiary/aromatic N) is 1. The minimum atomic E-state index is -0.768. The van der Waals surface area contributed by atoms with Gasteiger partial charge >= 0.3 is 12.1 Å². The molecule has 0 N–H and O–H groups in total. The summed E-state index contributed by atoms with van der Waals surface area (Å²) >= 11 is 0. The van der Waals surface area contributed by atoms with E-state index in [-0.39, 0.29) is 25.9 Å². The number of carbonyl (C=O) groups is 2. The van der Waals surface area contributed by atoms with Crippen molar-refractivity contribution in [2.75, 3.05) is 26.6 Å². The standard InChI is InChI=1S/C22H25NO5/c1-4-9-16-15(5-2)17-10-7-8-11-18(17)19(16)12-27-22(25)23-14-28-21(24)20(23)13-26-6-3/h2,4,7,9-10,19-20H,6,8,11-14H2,1,3H3/b9-4-. The minimum Gasteiger partial charge on any atom is -0.448 e. The van der Waals surface area contributed by atoms with Gasteiger partial charge in [0, 0.05) is 18.1 Å². The highest BCUT2D eigenvalue weighted by Crippen LogP contribution is 2.43. The van der Waals surface area contributed by atoms with E-state index < -0.39 is 18.1 Å². The number of cyclic esters (lactones) is 1. The van der Waals surface area contributed by atoms with Crippen LogP contribution in [0.25, 0.3) is 0 Å². The zero-order valence-corrected chi connectivity index (χ0v) is 16.3. The first kappa shape index (κ1) is 20.0. The molecule has 2 aliphatic carbocycles. The molecule has 0 spiro atoms. The lowest BCUT2D eigenvalue weighted by molar-refractivity contribution is -0.140. The average molecular weight is 383 g/mol. The molecule has 0 aromatic carbocycles. The molecule has 3 aliphatic rings. The Bertz CT molecular complexity index is 811. The summed E-state index contributed by atoms with van der Waals surface area (Å²) in [7, 11) is 0. The van der Waals surface area contributed by atoms with Crippen LogP contribution < -0.4 is 0 Å². The van der Waals surface area contributed by atoms with Crippen LogP contribution in [0.3, 0.4) is 0 Å². The maximum absolute atomic E-state index is 12.6. The van der Waals surface area contributed by atoms with Crippen LogP contribution in [0.2, 0.25) is 0 Å². The van der Waals surface area contributed by atoms with E-state index in [1.54, 1.807) is 0 Å². The van der Waals surface area contributed by atoms with Gasteiger partial charge in [0.2, 0.25) is 0 Å². The third kappa shape index (κ3) is 3.76. The molecular formula is C22H25NO5. The average Bonchev–Trinajstić information content (AvgIpc) is 3.22. The smallest absolute Gasteiger partial charge is 0.413 e. The Balaban J connectivity index is 1.74. The molecular weight excluding hydrogens is 358 g/mol. The molecule has 0 saturated carbocycles. The molecule has 6 nitrogen and oxygen atoms in total. The first-order valence-electron chi connectivity index (χ1n) is 9.53. The van der Waals surface area contributed by atoms with Crippen LogP contribution in [-0.2, 0) is 19.0 Å². The summed E-state index contributed by atoms with van der Waals surface area (Å²) in [5.41, 5.74) is 4.13. The fourth-order valence-electron chi connectivity index (χ4n) is 3.79. The van der Waals surface area contributed by atoms with Crippen molar-refractivity contribution in [3.05, 3.63) is 46.6 Å². The van der Waals surface area contributed by atoms with E-state index in [0.717, 1.165) is 29.6 Å². The molecule has 148 valence electrons. The molecule has 0 aromatic rings. The van der Waals surface area contributed by atoms with Crippen molar-refractivity contribution in [2.24, 2.45) is 5.92 Å². The van der Waals surface area contributed by atoms with Gasteiger partial charge in [0.05, 0.1) is 6.61 Å². The van der Waals surface area contributed by atoms with Crippen LogP contribution in [0.1, 0.15) is 26.7 Å². The van der Waals surface area contributed by atoms with E-state index in [1.807, 2.05) is 26.0 Å². The van der Waals surface area contributed by atoms with Gasteiger partial charge in [-0.25, -0.2) is 9.59 Å². The van der Waals surface area contributed by atoms with E-state index >= 15 is 0 Å². The number of carbonyl (C=O) groups excluding carboxylic acids is 2. The van der Waals surface area contributed by atoms with Crippen molar-refractivity contribution in [1.82, 2.24) is 4.90 Å². The maximum Gasteiger partial charge on any atom is 0.413 e. The van der Waals surface area contributed by atoms with E-state index in [9.17, 15) is 9.59 Å². The summed E-state index contributed by atoms with van der Waals surface area (Å²) in [4.78, 5) is 25.7. The van der Waals surface area contributed by atoms with Gasteiger partial charge in [-0.15, -0.1) is 6.42 Å². The fourth-order valence-corrected chi connectivity index (χ4v) is 3.79. The topological polar surface area (TPSA) is 65.1 Å². The molecule has 6 heteroatoms. The van der Waals surface area contributed by atoms with Gasteiger partial charge in [-0.3, -0.25) is 4.90 Å². The monoisotopic (exact) mass is 383 g/mol. The van der Waals surface area contributed by atoms with Crippen LogP contribution >= 0.6 is 0 Å². The number of rotatable bonds is 6. The Kier molecular flexibility index (Phi) is 6.37. The molecule has 0 bridgehead atoms. The van der Waals surface area contributed by atoms with E-state index in [1.165, 1.54) is 10.5 Å². The zero-order chi connectivity index (χ0) is 20.1. The molecule has 1 fully saturated rings. The van der Waals surface area contributed by atoms with Crippen molar-refractivity contribution >= 4 is 12.1 Å². The Hall–Kier alpha value is -2.78. The molecule has 2 unspecified atom stereocenters. The van der Waals surface area contributed by atoms with Crippen LogP contribution in [0, 0.1) is 18.3 Å². The Morgan fingerprint density at radius 3 is 3.00 bits per heavy atom. The second-order valence-electron chi connectivity index (χ2n) is 6.72. The van der Waals surface area contributed by atoms with Gasteiger partial charge in [0.25, 0.3) is 0 Å². The predicted octanol–water partition coefficient (Wildman–Crippen LogP) is 3.13. The second-order valence-corrected chi connectivity index (χ2v) is 6.72. The van der Waals surface area contributed by atoms with Crippen molar-refractivity contribution in [2.45, 2.75) is 32.7 Å². The molecule has 1 aliphatic heterocycles. The number of allylic oxidation sites excluding steroid dienone is 6. The van der Waals surface area contributed by atoms with Crippen molar-refractivity contribution in [1.29, 1.82) is 0 Å².